The molecule has 0 bridgehead atoms. The monoisotopic (exact) mass is 348 g/mol. The van der Waals surface area contributed by atoms with E-state index in [1.54, 1.807) is 0 Å². The van der Waals surface area contributed by atoms with E-state index < -0.39 is 36.3 Å². The molecule has 0 radical (unpaired) electrons. The first kappa shape index (κ1) is 17.0. The van der Waals surface area contributed by atoms with Gasteiger partial charge in [0.2, 0.25) is 0 Å². The highest BCUT2D eigenvalue weighted by molar-refractivity contribution is 6.04. The van der Waals surface area contributed by atoms with Gasteiger partial charge in [-0.2, -0.15) is 13.2 Å². The zero-order valence-corrected chi connectivity index (χ0v) is 13.1. The Morgan fingerprint density at radius 3 is 2.28 bits per heavy atom. The lowest BCUT2D eigenvalue weighted by molar-refractivity contribution is -0.139. The first-order valence-corrected chi connectivity index (χ1v) is 7.67. The van der Waals surface area contributed by atoms with Gasteiger partial charge in [-0.05, 0) is 17.2 Å². The van der Waals surface area contributed by atoms with E-state index in [4.69, 9.17) is 0 Å². The topological polar surface area (TPSA) is 49.4 Å². The van der Waals surface area contributed by atoms with Gasteiger partial charge in [0, 0.05) is 6.42 Å². The highest BCUT2D eigenvalue weighted by Crippen LogP contribution is 2.32. The number of rotatable bonds is 4. The molecule has 25 heavy (non-hydrogen) atoms. The average Bonchev–Trinajstić information content (AvgIpc) is 2.83. The molecular formula is C18H15F3N2O2. The second kappa shape index (κ2) is 6.58. The van der Waals surface area contributed by atoms with Crippen molar-refractivity contribution in [2.24, 2.45) is 0 Å². The largest absolute Gasteiger partial charge is 0.416 e. The molecule has 130 valence electrons. The van der Waals surface area contributed by atoms with Gasteiger partial charge in [0.1, 0.15) is 6.04 Å². The van der Waals surface area contributed by atoms with Crippen molar-refractivity contribution in [2.75, 3.05) is 0 Å². The molecule has 2 aromatic rings. The molecule has 1 saturated heterocycles. The molecule has 0 aliphatic carbocycles. The average molecular weight is 348 g/mol. The lowest BCUT2D eigenvalue weighted by Crippen LogP contribution is -2.32. The van der Waals surface area contributed by atoms with Gasteiger partial charge >= 0.3 is 12.2 Å². The number of nitrogens with one attached hydrogen (secondary N) is 1. The summed E-state index contributed by atoms with van der Waals surface area (Å²) >= 11 is 0. The van der Waals surface area contributed by atoms with Gasteiger partial charge in [-0.3, -0.25) is 9.69 Å². The molecule has 7 heteroatoms. The minimum absolute atomic E-state index is 0.112. The molecule has 1 aliphatic heterocycles. The minimum atomic E-state index is -4.54. The van der Waals surface area contributed by atoms with E-state index in [2.05, 4.69) is 5.32 Å². The molecule has 4 nitrogen and oxygen atoms in total. The molecule has 1 atom stereocenters. The summed E-state index contributed by atoms with van der Waals surface area (Å²) in [6.45, 7) is -0.411. The fourth-order valence-corrected chi connectivity index (χ4v) is 2.82. The third kappa shape index (κ3) is 3.65. The highest BCUT2D eigenvalue weighted by atomic mass is 19.4. The van der Waals surface area contributed by atoms with Crippen LogP contribution in [0.2, 0.25) is 0 Å². The number of nitrogens with zero attached hydrogens (tertiary/aromatic N) is 1. The zero-order valence-electron chi connectivity index (χ0n) is 13.1. The fraction of sp³-hybridized carbons (Fsp3) is 0.222. The molecule has 3 rings (SSSR count). The van der Waals surface area contributed by atoms with Crippen molar-refractivity contribution >= 4 is 11.9 Å². The van der Waals surface area contributed by atoms with Gasteiger partial charge in [0.05, 0.1) is 12.1 Å². The number of urea groups is 1. The van der Waals surface area contributed by atoms with Crippen molar-refractivity contribution in [1.82, 2.24) is 10.2 Å². The normalized spacial score (nSPS) is 17.7. The number of amides is 3. The summed E-state index contributed by atoms with van der Waals surface area (Å²) in [5.41, 5.74) is -0.0975. The van der Waals surface area contributed by atoms with Gasteiger partial charge in [0.15, 0.2) is 0 Å². The molecule has 0 spiro atoms. The van der Waals surface area contributed by atoms with Crippen molar-refractivity contribution in [3.05, 3.63) is 71.3 Å². The summed E-state index contributed by atoms with van der Waals surface area (Å²) in [6.07, 6.45) is -4.25. The summed E-state index contributed by atoms with van der Waals surface area (Å²) in [5, 5.41) is 2.54. The van der Waals surface area contributed by atoms with Crippen LogP contribution in [0.5, 0.6) is 0 Å². The van der Waals surface area contributed by atoms with Crippen LogP contribution in [0.15, 0.2) is 54.6 Å². The van der Waals surface area contributed by atoms with Crippen molar-refractivity contribution in [2.45, 2.75) is 25.2 Å². The lowest BCUT2D eigenvalue weighted by Gasteiger charge is -2.17. The zero-order chi connectivity index (χ0) is 18.0. The fourth-order valence-electron chi connectivity index (χ4n) is 2.82. The molecule has 1 unspecified atom stereocenters. The maximum Gasteiger partial charge on any atom is 0.416 e. The van der Waals surface area contributed by atoms with Crippen LogP contribution in [0, 0.1) is 0 Å². The van der Waals surface area contributed by atoms with Crippen molar-refractivity contribution in [1.29, 1.82) is 0 Å². The quantitative estimate of drug-likeness (QED) is 0.862. The lowest BCUT2D eigenvalue weighted by atomic mass is 10.0. The number of carbonyl (C=O) groups is 2. The SMILES string of the molecule is O=C1NC(Cc2ccccc2)C(=O)N1Cc1ccccc1C(F)(F)F. The van der Waals surface area contributed by atoms with Crippen molar-refractivity contribution in [3.8, 4) is 0 Å². The van der Waals surface area contributed by atoms with E-state index in [0.717, 1.165) is 16.5 Å². The first-order chi connectivity index (χ1) is 11.9. The Hall–Kier alpha value is -2.83. The maximum atomic E-state index is 13.1. The molecule has 1 fully saturated rings. The second-order valence-electron chi connectivity index (χ2n) is 5.77. The standard InChI is InChI=1S/C18H15F3N2O2/c19-18(20,21)14-9-5-4-8-13(14)11-23-16(24)15(22-17(23)25)10-12-6-2-1-3-7-12/h1-9,15H,10-11H2,(H,22,25). The van der Waals surface area contributed by atoms with Gasteiger partial charge in [-0.25, -0.2) is 4.79 Å². The predicted molar refractivity (Wildman–Crippen MR) is 84.5 cm³/mol. The van der Waals surface area contributed by atoms with Crippen LogP contribution >= 0.6 is 0 Å². The Morgan fingerprint density at radius 2 is 1.60 bits per heavy atom. The molecule has 0 aromatic heterocycles. The summed E-state index contributed by atoms with van der Waals surface area (Å²) in [7, 11) is 0. The molecule has 1 aliphatic rings. The maximum absolute atomic E-state index is 13.1. The Morgan fingerprint density at radius 1 is 0.960 bits per heavy atom. The van der Waals surface area contributed by atoms with E-state index in [1.165, 1.54) is 18.2 Å². The van der Waals surface area contributed by atoms with Gasteiger partial charge in [-0.15, -0.1) is 0 Å². The third-order valence-corrected chi connectivity index (χ3v) is 4.04. The Balaban J connectivity index is 1.78. The van der Waals surface area contributed by atoms with Crippen LogP contribution in [0.4, 0.5) is 18.0 Å². The molecule has 1 N–H and O–H groups in total. The van der Waals surface area contributed by atoms with E-state index in [-0.39, 0.29) is 5.56 Å². The number of imide groups is 1. The van der Waals surface area contributed by atoms with Crippen LogP contribution in [0.1, 0.15) is 16.7 Å². The van der Waals surface area contributed by atoms with E-state index in [0.29, 0.717) is 6.42 Å². The summed E-state index contributed by atoms with van der Waals surface area (Å²) in [4.78, 5) is 25.3. The number of halogens is 3. The van der Waals surface area contributed by atoms with Crippen LogP contribution in [-0.4, -0.2) is 22.9 Å². The Labute approximate surface area is 142 Å². The number of carbonyl (C=O) groups excluding carboxylic acids is 2. The highest BCUT2D eigenvalue weighted by Gasteiger charge is 2.40. The van der Waals surface area contributed by atoms with E-state index in [1.807, 2.05) is 30.3 Å². The summed E-state index contributed by atoms with van der Waals surface area (Å²) < 4.78 is 39.2. The Kier molecular flexibility index (Phi) is 4.48. The molecular weight excluding hydrogens is 333 g/mol. The first-order valence-electron chi connectivity index (χ1n) is 7.67. The van der Waals surface area contributed by atoms with E-state index >= 15 is 0 Å². The molecule has 3 amide bonds. The number of alkyl halides is 3. The van der Waals surface area contributed by atoms with Gasteiger partial charge in [0.25, 0.3) is 5.91 Å². The second-order valence-corrected chi connectivity index (χ2v) is 5.77. The van der Waals surface area contributed by atoms with Crippen LogP contribution < -0.4 is 5.32 Å². The van der Waals surface area contributed by atoms with Crippen LogP contribution in [0.25, 0.3) is 0 Å². The molecule has 2 aromatic carbocycles. The van der Waals surface area contributed by atoms with Crippen molar-refractivity contribution < 1.29 is 22.8 Å². The molecule has 1 heterocycles. The van der Waals surface area contributed by atoms with Crippen molar-refractivity contribution in [3.63, 3.8) is 0 Å². The van der Waals surface area contributed by atoms with Gasteiger partial charge in [-0.1, -0.05) is 48.5 Å². The van der Waals surface area contributed by atoms with Crippen LogP contribution in [0.3, 0.4) is 0 Å². The summed E-state index contributed by atoms with van der Waals surface area (Å²) in [6, 6.07) is 12.6. The Bertz CT molecular complexity index is 790. The number of hydrogen-bond acceptors (Lipinski definition) is 2. The third-order valence-electron chi connectivity index (χ3n) is 4.04. The number of benzene rings is 2. The van der Waals surface area contributed by atoms with E-state index in [9.17, 15) is 22.8 Å². The predicted octanol–water partition coefficient (Wildman–Crippen LogP) is 3.37. The smallest absolute Gasteiger partial charge is 0.325 e. The van der Waals surface area contributed by atoms with Gasteiger partial charge < -0.3 is 5.32 Å². The minimum Gasteiger partial charge on any atom is -0.325 e. The number of hydrogen-bond donors (Lipinski definition) is 1. The molecule has 0 saturated carbocycles. The van der Waals surface area contributed by atoms with Crippen LogP contribution in [-0.2, 0) is 23.9 Å². The summed E-state index contributed by atoms with van der Waals surface area (Å²) in [5.74, 6) is -0.522.